The molecule has 0 aliphatic carbocycles. The molecule has 0 fully saturated rings. The number of carbonyl (C=O) groups is 2. The number of amides is 1. The van der Waals surface area contributed by atoms with Crippen molar-refractivity contribution in [3.63, 3.8) is 0 Å². The van der Waals surface area contributed by atoms with E-state index in [0.717, 1.165) is 10.8 Å². The van der Waals surface area contributed by atoms with Gasteiger partial charge in [0, 0.05) is 18.6 Å². The quantitative estimate of drug-likeness (QED) is 0.809. The number of hydrogen-bond acceptors (Lipinski definition) is 5. The molecule has 1 amide bonds. The van der Waals surface area contributed by atoms with Crippen LogP contribution in [0.25, 0.3) is 0 Å². The van der Waals surface area contributed by atoms with E-state index in [1.807, 2.05) is 0 Å². The van der Waals surface area contributed by atoms with Crippen LogP contribution < -0.4 is 11.0 Å². The molecule has 0 saturated carbocycles. The minimum atomic E-state index is -1.10. The molecule has 2 aromatic rings. The van der Waals surface area contributed by atoms with E-state index in [2.05, 4.69) is 15.3 Å². The summed E-state index contributed by atoms with van der Waals surface area (Å²) >= 11 is 0. The van der Waals surface area contributed by atoms with Crippen LogP contribution >= 0.6 is 0 Å². The van der Waals surface area contributed by atoms with Gasteiger partial charge in [0.15, 0.2) is 0 Å². The van der Waals surface area contributed by atoms with Crippen LogP contribution in [0, 0.1) is 0 Å². The summed E-state index contributed by atoms with van der Waals surface area (Å²) in [5, 5.41) is 11.2. The van der Waals surface area contributed by atoms with Crippen LogP contribution in [0.2, 0.25) is 0 Å². The molecule has 2 aromatic heterocycles. The zero-order valence-corrected chi connectivity index (χ0v) is 10.2. The van der Waals surface area contributed by atoms with Gasteiger partial charge in [-0.1, -0.05) is 0 Å². The van der Waals surface area contributed by atoms with Crippen LogP contribution in [0.1, 0.15) is 10.4 Å². The third-order valence-corrected chi connectivity index (χ3v) is 2.37. The lowest BCUT2D eigenvalue weighted by Crippen LogP contribution is -2.28. The highest BCUT2D eigenvalue weighted by molar-refractivity contribution is 5.91. The molecule has 0 radical (unpaired) electrons. The number of carboxylic acid groups (broad SMARTS) is 1. The highest BCUT2D eigenvalue weighted by Crippen LogP contribution is 2.05. The van der Waals surface area contributed by atoms with E-state index in [1.165, 1.54) is 30.6 Å². The average Bonchev–Trinajstić information content (AvgIpc) is 2.42. The smallest absolute Gasteiger partial charge is 0.347 e. The minimum absolute atomic E-state index is 0.0199. The lowest BCUT2D eigenvalue weighted by molar-refractivity contribution is -0.116. The topological polar surface area (TPSA) is 114 Å². The van der Waals surface area contributed by atoms with Crippen LogP contribution in [0.4, 0.5) is 5.82 Å². The predicted molar refractivity (Wildman–Crippen MR) is 68.3 cm³/mol. The Morgan fingerprint density at radius 3 is 2.70 bits per heavy atom. The van der Waals surface area contributed by atoms with Crippen LogP contribution in [-0.2, 0) is 11.3 Å². The maximum Gasteiger partial charge on any atom is 0.347 e. The van der Waals surface area contributed by atoms with Crippen molar-refractivity contribution >= 4 is 17.7 Å². The Balaban J connectivity index is 2.03. The molecule has 0 aliphatic heterocycles. The number of rotatable bonds is 4. The number of pyridine rings is 1. The van der Waals surface area contributed by atoms with Crippen LogP contribution in [0.3, 0.4) is 0 Å². The second-order valence-corrected chi connectivity index (χ2v) is 3.82. The molecular weight excluding hydrogens is 264 g/mol. The van der Waals surface area contributed by atoms with E-state index in [1.54, 1.807) is 0 Å². The lowest BCUT2D eigenvalue weighted by Gasteiger charge is -2.06. The fourth-order valence-electron chi connectivity index (χ4n) is 1.44. The number of hydrogen-bond donors (Lipinski definition) is 2. The van der Waals surface area contributed by atoms with Gasteiger partial charge in [-0.15, -0.1) is 0 Å². The summed E-state index contributed by atoms with van der Waals surface area (Å²) < 4.78 is 1.14. The minimum Gasteiger partial charge on any atom is -0.478 e. The Morgan fingerprint density at radius 2 is 2.10 bits per heavy atom. The maximum absolute atomic E-state index is 11.7. The maximum atomic E-state index is 11.7. The molecule has 8 nitrogen and oxygen atoms in total. The second kappa shape index (κ2) is 5.74. The summed E-state index contributed by atoms with van der Waals surface area (Å²) in [5.74, 6) is -1.36. The highest BCUT2D eigenvalue weighted by Gasteiger charge is 2.07. The first kappa shape index (κ1) is 13.4. The van der Waals surface area contributed by atoms with Crippen molar-refractivity contribution in [2.45, 2.75) is 6.54 Å². The Kier molecular flexibility index (Phi) is 3.85. The monoisotopic (exact) mass is 274 g/mol. The zero-order valence-electron chi connectivity index (χ0n) is 10.2. The Morgan fingerprint density at radius 1 is 1.30 bits per heavy atom. The van der Waals surface area contributed by atoms with Crippen molar-refractivity contribution in [2.24, 2.45) is 0 Å². The first-order chi connectivity index (χ1) is 9.56. The number of aromatic carboxylic acids is 1. The number of nitrogens with zero attached hydrogens (tertiary/aromatic N) is 3. The molecule has 2 heterocycles. The molecule has 0 bridgehead atoms. The van der Waals surface area contributed by atoms with Gasteiger partial charge >= 0.3 is 11.7 Å². The van der Waals surface area contributed by atoms with Gasteiger partial charge in [0.1, 0.15) is 12.4 Å². The molecule has 0 aliphatic rings. The molecule has 0 saturated heterocycles. The molecule has 0 spiro atoms. The van der Waals surface area contributed by atoms with Gasteiger partial charge in [-0.2, -0.15) is 0 Å². The van der Waals surface area contributed by atoms with Crippen LogP contribution in [0.15, 0.2) is 41.6 Å². The number of nitrogens with one attached hydrogen (secondary N) is 1. The molecule has 0 atom stereocenters. The molecule has 2 N–H and O–H groups in total. The Bertz CT molecular complexity index is 693. The molecular formula is C12H10N4O4. The average molecular weight is 274 g/mol. The first-order valence-corrected chi connectivity index (χ1v) is 5.57. The molecule has 102 valence electrons. The summed E-state index contributed by atoms with van der Waals surface area (Å²) in [6.45, 7) is -0.199. The SMILES string of the molecule is O=C(Cn1cccnc1=O)Nc1ccc(C(=O)O)cn1. The fourth-order valence-corrected chi connectivity index (χ4v) is 1.44. The van der Waals surface area contributed by atoms with Crippen molar-refractivity contribution in [3.8, 4) is 0 Å². The van der Waals surface area contributed by atoms with Crippen molar-refractivity contribution in [1.82, 2.24) is 14.5 Å². The van der Waals surface area contributed by atoms with Crippen molar-refractivity contribution in [1.29, 1.82) is 0 Å². The van der Waals surface area contributed by atoms with E-state index in [0.29, 0.717) is 0 Å². The Labute approximate surface area is 112 Å². The van der Waals surface area contributed by atoms with E-state index in [4.69, 9.17) is 5.11 Å². The van der Waals surface area contributed by atoms with E-state index < -0.39 is 17.6 Å². The van der Waals surface area contributed by atoms with Crippen LogP contribution in [0.5, 0.6) is 0 Å². The van der Waals surface area contributed by atoms with Crippen LogP contribution in [-0.4, -0.2) is 31.5 Å². The first-order valence-electron chi connectivity index (χ1n) is 5.57. The van der Waals surface area contributed by atoms with Gasteiger partial charge in [0.25, 0.3) is 0 Å². The van der Waals surface area contributed by atoms with Crippen molar-refractivity contribution in [2.75, 3.05) is 5.32 Å². The summed E-state index contributed by atoms with van der Waals surface area (Å²) in [5.41, 5.74) is -0.511. The normalized spacial score (nSPS) is 10.0. The van der Waals surface area contributed by atoms with Crippen molar-refractivity contribution < 1.29 is 14.7 Å². The summed E-state index contributed by atoms with van der Waals surface area (Å²) in [7, 11) is 0. The summed E-state index contributed by atoms with van der Waals surface area (Å²) in [6.07, 6.45) is 3.91. The highest BCUT2D eigenvalue weighted by atomic mass is 16.4. The molecule has 2 rings (SSSR count). The third kappa shape index (κ3) is 3.25. The van der Waals surface area contributed by atoms with Gasteiger partial charge < -0.3 is 10.4 Å². The number of aromatic nitrogens is 3. The summed E-state index contributed by atoms with van der Waals surface area (Å²) in [6, 6.07) is 4.23. The number of carboxylic acids is 1. The molecule has 20 heavy (non-hydrogen) atoms. The molecule has 0 aromatic carbocycles. The standard InChI is InChI=1S/C12H10N4O4/c17-10(7-16-5-1-4-13-12(16)20)15-9-3-2-8(6-14-9)11(18)19/h1-6H,7H2,(H,18,19)(H,14,15,17). The molecule has 8 heteroatoms. The lowest BCUT2D eigenvalue weighted by atomic mass is 10.3. The van der Waals surface area contributed by atoms with Gasteiger partial charge in [-0.3, -0.25) is 9.36 Å². The largest absolute Gasteiger partial charge is 0.478 e. The van der Waals surface area contributed by atoms with Gasteiger partial charge in [-0.05, 0) is 18.2 Å². The molecule has 0 unspecified atom stereocenters. The van der Waals surface area contributed by atoms with Gasteiger partial charge in [-0.25, -0.2) is 19.6 Å². The Hall–Kier alpha value is -3.03. The zero-order chi connectivity index (χ0) is 14.5. The number of carbonyl (C=O) groups excluding carboxylic acids is 1. The van der Waals surface area contributed by atoms with E-state index >= 15 is 0 Å². The predicted octanol–water partition coefficient (Wildman–Crippen LogP) is -0.0248. The third-order valence-electron chi connectivity index (χ3n) is 2.37. The van der Waals surface area contributed by atoms with Gasteiger partial charge in [0.05, 0.1) is 5.56 Å². The van der Waals surface area contributed by atoms with Gasteiger partial charge in [0.2, 0.25) is 5.91 Å². The van der Waals surface area contributed by atoms with E-state index in [9.17, 15) is 14.4 Å². The number of anilines is 1. The second-order valence-electron chi connectivity index (χ2n) is 3.82. The summed E-state index contributed by atoms with van der Waals surface area (Å²) in [4.78, 5) is 41.0. The van der Waals surface area contributed by atoms with E-state index in [-0.39, 0.29) is 17.9 Å². The fraction of sp³-hybridized carbons (Fsp3) is 0.0833. The van der Waals surface area contributed by atoms with Crippen molar-refractivity contribution in [3.05, 3.63) is 52.8 Å².